The Morgan fingerprint density at radius 3 is 2.90 bits per heavy atom. The first kappa shape index (κ1) is 23.2. The molecule has 1 aromatic carbocycles. The third-order valence-corrected chi connectivity index (χ3v) is 6.16. The number of aliphatic hydroxyl groups is 2. The van der Waals surface area contributed by atoms with E-state index in [4.69, 9.17) is 9.47 Å². The van der Waals surface area contributed by atoms with Gasteiger partial charge in [-0.1, -0.05) is 31.2 Å². The Bertz CT molecular complexity index is 868. The Hall–Kier alpha value is -2.49. The van der Waals surface area contributed by atoms with Crippen LogP contribution in [0.1, 0.15) is 44.6 Å². The largest absolute Gasteiger partial charge is 0.489 e. The number of amides is 1. The Morgan fingerprint density at radius 1 is 1.42 bits per heavy atom. The average Bonchev–Trinajstić information content (AvgIpc) is 3.25. The molecule has 1 heterocycles. The van der Waals surface area contributed by atoms with E-state index in [9.17, 15) is 15.0 Å². The van der Waals surface area contributed by atoms with Crippen LogP contribution in [0, 0.1) is 23.7 Å². The van der Waals surface area contributed by atoms with Crippen molar-refractivity contribution in [2.75, 3.05) is 20.7 Å². The summed E-state index contributed by atoms with van der Waals surface area (Å²) in [5.74, 6) is 7.08. The first-order chi connectivity index (χ1) is 14.8. The van der Waals surface area contributed by atoms with E-state index in [1.165, 1.54) is 0 Å². The monoisotopic (exact) mass is 427 g/mol. The van der Waals surface area contributed by atoms with E-state index in [1.807, 2.05) is 31.2 Å². The van der Waals surface area contributed by atoms with Crippen molar-refractivity contribution in [3.05, 3.63) is 35.9 Å². The van der Waals surface area contributed by atoms with E-state index in [0.29, 0.717) is 30.8 Å². The molecule has 0 bridgehead atoms. The second kappa shape index (κ2) is 10.2. The van der Waals surface area contributed by atoms with Gasteiger partial charge in [-0.3, -0.25) is 4.79 Å². The first-order valence-electron chi connectivity index (χ1n) is 10.9. The smallest absolute Gasteiger partial charge is 0.225 e. The molecule has 1 amide bonds. The number of carbonyl (C=O) groups excluding carboxylic acids is 1. The van der Waals surface area contributed by atoms with Gasteiger partial charge in [-0.2, -0.15) is 0 Å². The second-order valence-electron chi connectivity index (χ2n) is 8.61. The highest BCUT2D eigenvalue weighted by molar-refractivity contribution is 5.75. The van der Waals surface area contributed by atoms with Crippen LogP contribution in [0.15, 0.2) is 30.4 Å². The van der Waals surface area contributed by atoms with Crippen molar-refractivity contribution in [3.63, 3.8) is 0 Å². The van der Waals surface area contributed by atoms with Crippen LogP contribution in [0.5, 0.6) is 11.5 Å². The summed E-state index contributed by atoms with van der Waals surface area (Å²) in [6, 6.07) is 5.77. The lowest BCUT2D eigenvalue weighted by Crippen LogP contribution is -2.23. The zero-order valence-corrected chi connectivity index (χ0v) is 18.7. The molecule has 1 aromatic rings. The number of aliphatic hydroxyl groups excluding tert-OH is 2. The topological polar surface area (TPSA) is 79.2 Å². The Balaban J connectivity index is 1.72. The quantitative estimate of drug-likeness (QED) is 0.493. The maximum atomic E-state index is 11.8. The van der Waals surface area contributed by atoms with Crippen molar-refractivity contribution in [1.82, 2.24) is 4.90 Å². The van der Waals surface area contributed by atoms with Gasteiger partial charge in [0.05, 0.1) is 25.2 Å². The minimum absolute atomic E-state index is 0.00569. The maximum absolute atomic E-state index is 11.8. The number of nitrogens with zero attached hydrogens (tertiary/aromatic N) is 1. The molecule has 2 N–H and O–H groups in total. The van der Waals surface area contributed by atoms with Crippen LogP contribution in [0.3, 0.4) is 0 Å². The van der Waals surface area contributed by atoms with Gasteiger partial charge in [-0.25, -0.2) is 0 Å². The third-order valence-electron chi connectivity index (χ3n) is 6.16. The van der Waals surface area contributed by atoms with E-state index >= 15 is 0 Å². The fourth-order valence-corrected chi connectivity index (χ4v) is 4.28. The molecule has 0 saturated heterocycles. The van der Waals surface area contributed by atoms with Crippen molar-refractivity contribution in [2.24, 2.45) is 11.8 Å². The third kappa shape index (κ3) is 5.23. The summed E-state index contributed by atoms with van der Waals surface area (Å²) in [7, 11) is 3.45. The minimum Gasteiger partial charge on any atom is -0.489 e. The van der Waals surface area contributed by atoms with Crippen molar-refractivity contribution >= 4 is 5.91 Å². The SMILES string of the molecule is CC#CC[C@H](C)[C@H](O)/C=C/[C@@H]1[C@H]2c3cccc(OCCC(=O)N(C)C)c3O[C@H]2C[C@H]1O. The number of para-hydroxylation sites is 1. The van der Waals surface area contributed by atoms with Crippen molar-refractivity contribution in [2.45, 2.75) is 57.3 Å². The normalized spacial score (nSPS) is 25.7. The van der Waals surface area contributed by atoms with Crippen LogP contribution in [0.4, 0.5) is 0 Å². The van der Waals surface area contributed by atoms with E-state index < -0.39 is 12.2 Å². The van der Waals surface area contributed by atoms with E-state index in [-0.39, 0.29) is 36.4 Å². The molecule has 1 fully saturated rings. The fourth-order valence-electron chi connectivity index (χ4n) is 4.28. The molecule has 6 atom stereocenters. The molecule has 3 rings (SSSR count). The summed E-state index contributed by atoms with van der Waals surface area (Å²) >= 11 is 0. The maximum Gasteiger partial charge on any atom is 0.225 e. The molecule has 0 aromatic heterocycles. The van der Waals surface area contributed by atoms with Crippen LogP contribution in [0.2, 0.25) is 0 Å². The summed E-state index contributed by atoms with van der Waals surface area (Å²) in [5, 5.41) is 21.1. The lowest BCUT2D eigenvalue weighted by Gasteiger charge is -2.19. The minimum atomic E-state index is -0.613. The Morgan fingerprint density at radius 2 is 2.19 bits per heavy atom. The number of rotatable bonds is 8. The van der Waals surface area contributed by atoms with E-state index in [0.717, 1.165) is 5.56 Å². The van der Waals surface area contributed by atoms with Gasteiger partial charge in [0.15, 0.2) is 11.5 Å². The number of fused-ring (bicyclic) bond motifs is 3. The molecule has 6 heteroatoms. The molecule has 6 nitrogen and oxygen atoms in total. The second-order valence-corrected chi connectivity index (χ2v) is 8.61. The predicted molar refractivity (Wildman–Crippen MR) is 119 cm³/mol. The van der Waals surface area contributed by atoms with Gasteiger partial charge in [-0.05, 0) is 18.9 Å². The summed E-state index contributed by atoms with van der Waals surface area (Å²) in [4.78, 5) is 13.3. The van der Waals surface area contributed by atoms with Gasteiger partial charge < -0.3 is 24.6 Å². The van der Waals surface area contributed by atoms with Gasteiger partial charge >= 0.3 is 0 Å². The lowest BCUT2D eigenvalue weighted by atomic mass is 9.87. The molecule has 2 aliphatic rings. The number of ether oxygens (including phenoxy) is 2. The van der Waals surface area contributed by atoms with Crippen LogP contribution in [-0.4, -0.2) is 60.0 Å². The molecule has 0 radical (unpaired) electrons. The first-order valence-corrected chi connectivity index (χ1v) is 10.9. The van der Waals surface area contributed by atoms with Crippen LogP contribution in [-0.2, 0) is 4.79 Å². The summed E-state index contributed by atoms with van der Waals surface area (Å²) < 4.78 is 12.0. The molecule has 0 spiro atoms. The predicted octanol–water partition coefficient (Wildman–Crippen LogP) is 2.74. The summed E-state index contributed by atoms with van der Waals surface area (Å²) in [5.41, 5.74) is 1.01. The fraction of sp³-hybridized carbons (Fsp3) is 0.560. The number of hydrogen-bond donors (Lipinski definition) is 2. The number of benzene rings is 1. The molecule has 1 saturated carbocycles. The van der Waals surface area contributed by atoms with Crippen molar-refractivity contribution < 1.29 is 24.5 Å². The Labute approximate surface area is 184 Å². The van der Waals surface area contributed by atoms with Crippen molar-refractivity contribution in [3.8, 4) is 23.3 Å². The lowest BCUT2D eigenvalue weighted by molar-refractivity contribution is -0.129. The molecule has 0 unspecified atom stereocenters. The van der Waals surface area contributed by atoms with Crippen LogP contribution >= 0.6 is 0 Å². The number of carbonyl (C=O) groups is 1. The molecule has 1 aliphatic heterocycles. The van der Waals surface area contributed by atoms with Crippen LogP contribution in [0.25, 0.3) is 0 Å². The molecule has 31 heavy (non-hydrogen) atoms. The standard InChI is InChI=1S/C25H33NO5/c1-5-6-8-16(2)19(27)12-11-17-20(28)15-22-24(17)18-9-7-10-21(25(18)31-22)30-14-13-23(29)26(3)4/h7,9-12,16-17,19-20,22,24,27-28H,8,13-15H2,1-4H3/b12-11+/t16-,17-,19+,20+,22-,24-/m0/s1. The van der Waals surface area contributed by atoms with Crippen molar-refractivity contribution in [1.29, 1.82) is 0 Å². The van der Waals surface area contributed by atoms with Gasteiger partial charge in [0, 0.05) is 44.3 Å². The highest BCUT2D eigenvalue weighted by Gasteiger charge is 2.49. The van der Waals surface area contributed by atoms with E-state index in [2.05, 4.69) is 11.8 Å². The molecule has 1 aliphatic carbocycles. The molecular formula is C25H33NO5. The summed E-state index contributed by atoms with van der Waals surface area (Å²) in [6.07, 6.45) is 3.89. The van der Waals surface area contributed by atoms with Gasteiger partial charge in [0.25, 0.3) is 0 Å². The summed E-state index contributed by atoms with van der Waals surface area (Å²) in [6.45, 7) is 4.04. The number of hydrogen-bond acceptors (Lipinski definition) is 5. The van der Waals surface area contributed by atoms with E-state index in [1.54, 1.807) is 32.0 Å². The van der Waals surface area contributed by atoms with Gasteiger partial charge in [0.1, 0.15) is 6.10 Å². The Kier molecular flexibility index (Phi) is 7.64. The average molecular weight is 428 g/mol. The zero-order valence-electron chi connectivity index (χ0n) is 18.7. The zero-order chi connectivity index (χ0) is 22.5. The van der Waals surface area contributed by atoms with Gasteiger partial charge in [0.2, 0.25) is 5.91 Å². The highest BCUT2D eigenvalue weighted by Crippen LogP contribution is 2.53. The van der Waals surface area contributed by atoms with Gasteiger partial charge in [-0.15, -0.1) is 11.8 Å². The molecule has 168 valence electrons. The highest BCUT2D eigenvalue weighted by atomic mass is 16.5. The van der Waals surface area contributed by atoms with Crippen LogP contribution < -0.4 is 9.47 Å². The molecular weight excluding hydrogens is 394 g/mol.